The molecule has 0 aromatic heterocycles. The van der Waals surface area contributed by atoms with Crippen LogP contribution in [0.4, 0.5) is 10.1 Å². The number of nitrogens with two attached hydrogens (primary N) is 1. The Morgan fingerprint density at radius 1 is 1.24 bits per heavy atom. The molecule has 21 heavy (non-hydrogen) atoms. The predicted molar refractivity (Wildman–Crippen MR) is 81.5 cm³/mol. The van der Waals surface area contributed by atoms with Crippen LogP contribution in [0.5, 0.6) is 0 Å². The van der Waals surface area contributed by atoms with E-state index in [-0.39, 0.29) is 18.3 Å². The van der Waals surface area contributed by atoms with E-state index in [1.54, 1.807) is 0 Å². The average molecular weight is 292 g/mol. The van der Waals surface area contributed by atoms with Crippen LogP contribution >= 0.6 is 0 Å². The van der Waals surface area contributed by atoms with Crippen molar-refractivity contribution in [1.29, 1.82) is 0 Å². The molecule has 1 amide bonds. The molecule has 0 radical (unpaired) electrons. The van der Waals surface area contributed by atoms with Crippen LogP contribution in [0.15, 0.2) is 29.3 Å². The summed E-state index contributed by atoms with van der Waals surface area (Å²) in [6, 6.07) is 5.94. The molecule has 1 aromatic rings. The van der Waals surface area contributed by atoms with E-state index >= 15 is 0 Å². The number of carbonyl (C=O) groups excluding carboxylic acids is 1. The van der Waals surface area contributed by atoms with Gasteiger partial charge in [-0.25, -0.2) is 9.38 Å². The van der Waals surface area contributed by atoms with Crippen LogP contribution in [-0.2, 0) is 4.79 Å². The quantitative estimate of drug-likeness (QED) is 0.586. The van der Waals surface area contributed by atoms with Gasteiger partial charge in [0.25, 0.3) is 0 Å². The average Bonchev–Trinajstić information content (AvgIpc) is 2.49. The van der Waals surface area contributed by atoms with Crippen molar-refractivity contribution in [2.24, 2.45) is 10.7 Å². The molecule has 0 spiro atoms. The van der Waals surface area contributed by atoms with E-state index in [9.17, 15) is 9.18 Å². The number of rotatable bonds is 4. The SMILES string of the molecule is NC(=NCC(=O)Nc1ccc(F)cc1)NC1CCCCC1. The highest BCUT2D eigenvalue weighted by Gasteiger charge is 2.13. The summed E-state index contributed by atoms with van der Waals surface area (Å²) in [7, 11) is 0. The van der Waals surface area contributed by atoms with Gasteiger partial charge in [-0.3, -0.25) is 4.79 Å². The van der Waals surface area contributed by atoms with E-state index in [0.717, 1.165) is 12.8 Å². The lowest BCUT2D eigenvalue weighted by Gasteiger charge is -2.23. The van der Waals surface area contributed by atoms with Crippen LogP contribution in [0, 0.1) is 5.82 Å². The van der Waals surface area contributed by atoms with Crippen molar-refractivity contribution in [1.82, 2.24) is 5.32 Å². The summed E-state index contributed by atoms with van der Waals surface area (Å²) in [5.74, 6) is -0.321. The number of carbonyl (C=O) groups is 1. The van der Waals surface area contributed by atoms with E-state index in [2.05, 4.69) is 15.6 Å². The van der Waals surface area contributed by atoms with E-state index in [4.69, 9.17) is 5.73 Å². The Kier molecular flexibility index (Phi) is 5.54. The van der Waals surface area contributed by atoms with Crippen LogP contribution < -0.4 is 16.4 Å². The first-order valence-corrected chi connectivity index (χ1v) is 7.25. The molecule has 5 nitrogen and oxygen atoms in total. The summed E-state index contributed by atoms with van der Waals surface area (Å²) in [5, 5.41) is 5.78. The summed E-state index contributed by atoms with van der Waals surface area (Å²) in [6.45, 7) is -0.0526. The summed E-state index contributed by atoms with van der Waals surface area (Å²) in [6.07, 6.45) is 5.87. The second kappa shape index (κ2) is 7.61. The molecule has 4 N–H and O–H groups in total. The Balaban J connectivity index is 1.76. The molecule has 0 unspecified atom stereocenters. The number of amides is 1. The minimum atomic E-state index is -0.341. The van der Waals surface area contributed by atoms with E-state index < -0.39 is 0 Å². The largest absolute Gasteiger partial charge is 0.370 e. The maximum atomic E-state index is 12.7. The molecule has 6 heteroatoms. The van der Waals surface area contributed by atoms with Crippen LogP contribution in [0.3, 0.4) is 0 Å². The monoisotopic (exact) mass is 292 g/mol. The molecule has 1 saturated carbocycles. The van der Waals surface area contributed by atoms with Gasteiger partial charge in [-0.1, -0.05) is 19.3 Å². The first-order chi connectivity index (χ1) is 10.1. The Labute approximate surface area is 123 Å². The molecule has 0 bridgehead atoms. The Morgan fingerprint density at radius 3 is 2.57 bits per heavy atom. The zero-order valence-corrected chi connectivity index (χ0v) is 11.9. The second-order valence-electron chi connectivity index (χ2n) is 5.24. The molecule has 1 aliphatic rings. The lowest BCUT2D eigenvalue weighted by molar-refractivity contribution is -0.114. The first kappa shape index (κ1) is 15.3. The smallest absolute Gasteiger partial charge is 0.246 e. The number of anilines is 1. The van der Waals surface area contributed by atoms with Crippen molar-refractivity contribution in [3.05, 3.63) is 30.1 Å². The predicted octanol–water partition coefficient (Wildman–Crippen LogP) is 2.00. The zero-order valence-electron chi connectivity index (χ0n) is 11.9. The van der Waals surface area contributed by atoms with Gasteiger partial charge in [0.15, 0.2) is 5.96 Å². The summed E-state index contributed by atoms with van der Waals surface area (Å²) in [5.41, 5.74) is 6.31. The number of aliphatic imine (C=N–C) groups is 1. The molecule has 2 rings (SSSR count). The molecule has 1 aliphatic carbocycles. The topological polar surface area (TPSA) is 79.5 Å². The van der Waals surface area contributed by atoms with E-state index in [0.29, 0.717) is 17.7 Å². The third-order valence-corrected chi connectivity index (χ3v) is 3.48. The minimum absolute atomic E-state index is 0.0526. The van der Waals surface area contributed by atoms with Crippen LogP contribution in [0.2, 0.25) is 0 Å². The number of halogens is 1. The fourth-order valence-electron chi connectivity index (χ4n) is 2.39. The summed E-state index contributed by atoms with van der Waals surface area (Å²) < 4.78 is 12.7. The van der Waals surface area contributed by atoms with Crippen LogP contribution in [0.25, 0.3) is 0 Å². The highest BCUT2D eigenvalue weighted by atomic mass is 19.1. The Hall–Kier alpha value is -2.11. The Morgan fingerprint density at radius 2 is 1.90 bits per heavy atom. The van der Waals surface area contributed by atoms with Crippen LogP contribution in [0.1, 0.15) is 32.1 Å². The van der Waals surface area contributed by atoms with E-state index in [1.165, 1.54) is 43.5 Å². The molecule has 0 heterocycles. The van der Waals surface area contributed by atoms with Crippen molar-refractivity contribution >= 4 is 17.6 Å². The summed E-state index contributed by atoms with van der Waals surface area (Å²) >= 11 is 0. The number of nitrogens with one attached hydrogen (secondary N) is 2. The van der Waals surface area contributed by atoms with Gasteiger partial charge in [-0.2, -0.15) is 0 Å². The molecule has 0 saturated heterocycles. The standard InChI is InChI=1S/C15H21FN4O/c16-11-6-8-13(9-7-11)19-14(21)10-18-15(17)20-12-4-2-1-3-5-12/h6-9,12H,1-5,10H2,(H,19,21)(H3,17,18,20). The van der Waals surface area contributed by atoms with Gasteiger partial charge in [0.1, 0.15) is 12.4 Å². The number of guanidine groups is 1. The number of benzene rings is 1. The normalized spacial score (nSPS) is 16.5. The molecule has 1 fully saturated rings. The van der Waals surface area contributed by atoms with Crippen molar-refractivity contribution in [3.63, 3.8) is 0 Å². The molecule has 1 aromatic carbocycles. The highest BCUT2D eigenvalue weighted by Crippen LogP contribution is 2.17. The minimum Gasteiger partial charge on any atom is -0.370 e. The van der Waals surface area contributed by atoms with Gasteiger partial charge in [0.2, 0.25) is 5.91 Å². The van der Waals surface area contributed by atoms with Crippen molar-refractivity contribution in [2.75, 3.05) is 11.9 Å². The first-order valence-electron chi connectivity index (χ1n) is 7.25. The number of hydrogen-bond donors (Lipinski definition) is 3. The maximum absolute atomic E-state index is 12.7. The molecular formula is C15H21FN4O. The fraction of sp³-hybridized carbons (Fsp3) is 0.467. The van der Waals surface area contributed by atoms with E-state index in [1.807, 2.05) is 0 Å². The van der Waals surface area contributed by atoms with Crippen molar-refractivity contribution < 1.29 is 9.18 Å². The zero-order chi connectivity index (χ0) is 15.1. The number of hydrogen-bond acceptors (Lipinski definition) is 2. The summed E-state index contributed by atoms with van der Waals surface area (Å²) in [4.78, 5) is 15.7. The van der Waals surface area contributed by atoms with Gasteiger partial charge >= 0.3 is 0 Å². The highest BCUT2D eigenvalue weighted by molar-refractivity contribution is 5.93. The molecule has 114 valence electrons. The van der Waals surface area contributed by atoms with Crippen LogP contribution in [-0.4, -0.2) is 24.5 Å². The lowest BCUT2D eigenvalue weighted by Crippen LogP contribution is -2.41. The van der Waals surface area contributed by atoms with Gasteiger partial charge in [-0.15, -0.1) is 0 Å². The van der Waals surface area contributed by atoms with Crippen molar-refractivity contribution in [2.45, 2.75) is 38.1 Å². The third kappa shape index (κ3) is 5.41. The van der Waals surface area contributed by atoms with Crippen molar-refractivity contribution in [3.8, 4) is 0 Å². The third-order valence-electron chi connectivity index (χ3n) is 3.48. The lowest BCUT2D eigenvalue weighted by atomic mass is 9.96. The van der Waals surface area contributed by atoms with Gasteiger partial charge in [-0.05, 0) is 37.1 Å². The number of nitrogens with zero attached hydrogens (tertiary/aromatic N) is 1. The Bertz CT molecular complexity index is 495. The van der Waals surface area contributed by atoms with Gasteiger partial charge in [0, 0.05) is 11.7 Å². The second-order valence-corrected chi connectivity index (χ2v) is 5.24. The molecular weight excluding hydrogens is 271 g/mol. The van der Waals surface area contributed by atoms with Gasteiger partial charge in [0.05, 0.1) is 0 Å². The molecule has 0 aliphatic heterocycles. The fourth-order valence-corrected chi connectivity index (χ4v) is 2.39. The maximum Gasteiger partial charge on any atom is 0.246 e. The van der Waals surface area contributed by atoms with Gasteiger partial charge < -0.3 is 16.4 Å². The molecule has 0 atom stereocenters.